The van der Waals surface area contributed by atoms with Gasteiger partial charge >= 0.3 is 11.9 Å². The van der Waals surface area contributed by atoms with Crippen LogP contribution < -0.4 is 0 Å². The van der Waals surface area contributed by atoms with Crippen molar-refractivity contribution in [3.63, 3.8) is 0 Å². The highest BCUT2D eigenvalue weighted by atomic mass is 32.2. The molecular weight excluding hydrogens is 370 g/mol. The fourth-order valence-electron chi connectivity index (χ4n) is 3.04. The molecule has 0 saturated heterocycles. The molecule has 27 heavy (non-hydrogen) atoms. The molecule has 8 heteroatoms. The highest BCUT2D eigenvalue weighted by molar-refractivity contribution is 8.04. The van der Waals surface area contributed by atoms with Crippen molar-refractivity contribution in [2.75, 3.05) is 14.2 Å². The minimum absolute atomic E-state index is 0.291. The number of imide groups is 1. The summed E-state index contributed by atoms with van der Waals surface area (Å²) in [4.78, 5) is 49.9. The van der Waals surface area contributed by atoms with E-state index in [0.717, 1.165) is 22.2 Å². The number of ether oxygens (including phenoxy) is 2. The van der Waals surface area contributed by atoms with E-state index in [-0.39, 0.29) is 0 Å². The monoisotopic (exact) mass is 391 g/mol. The lowest BCUT2D eigenvalue weighted by Gasteiger charge is -2.35. The van der Waals surface area contributed by atoms with Gasteiger partial charge in [-0.25, -0.2) is 4.90 Å². The number of methoxy groups -OCH3 is 2. The number of benzene rings is 1. The van der Waals surface area contributed by atoms with E-state index in [2.05, 4.69) is 0 Å². The van der Waals surface area contributed by atoms with Gasteiger partial charge in [-0.15, -0.1) is 0 Å². The Kier molecular flexibility index (Phi) is 6.79. The molecule has 2 rings (SSSR count). The van der Waals surface area contributed by atoms with Crippen LogP contribution in [0, 0.1) is 5.92 Å². The van der Waals surface area contributed by atoms with Gasteiger partial charge in [0.1, 0.15) is 5.25 Å². The smallest absolute Gasteiger partial charge is 0.320 e. The van der Waals surface area contributed by atoms with Crippen molar-refractivity contribution in [3.8, 4) is 0 Å². The van der Waals surface area contributed by atoms with Crippen LogP contribution in [0.15, 0.2) is 41.4 Å². The van der Waals surface area contributed by atoms with Crippen molar-refractivity contribution in [1.29, 1.82) is 0 Å². The summed E-state index contributed by atoms with van der Waals surface area (Å²) in [6, 6.07) is 9.06. The predicted octanol–water partition coefficient (Wildman–Crippen LogP) is 2.08. The van der Waals surface area contributed by atoms with Crippen LogP contribution in [0.1, 0.15) is 25.3 Å². The second kappa shape index (κ2) is 8.85. The zero-order valence-corrected chi connectivity index (χ0v) is 16.3. The quantitative estimate of drug-likeness (QED) is 0.726. The Morgan fingerprint density at radius 3 is 1.96 bits per heavy atom. The highest BCUT2D eigenvalue weighted by Gasteiger charge is 2.46. The van der Waals surface area contributed by atoms with E-state index < -0.39 is 40.8 Å². The van der Waals surface area contributed by atoms with Gasteiger partial charge in [-0.1, -0.05) is 42.1 Å². The molecule has 7 nitrogen and oxygen atoms in total. The van der Waals surface area contributed by atoms with Crippen LogP contribution in [0.5, 0.6) is 0 Å². The van der Waals surface area contributed by atoms with Crippen molar-refractivity contribution < 1.29 is 28.7 Å². The molecule has 0 radical (unpaired) electrons. The van der Waals surface area contributed by atoms with Crippen molar-refractivity contribution in [1.82, 2.24) is 4.90 Å². The van der Waals surface area contributed by atoms with Crippen LogP contribution in [0.2, 0.25) is 0 Å². The summed E-state index contributed by atoms with van der Waals surface area (Å²) < 4.78 is 9.78. The van der Waals surface area contributed by atoms with Crippen molar-refractivity contribution in [2.24, 2.45) is 5.92 Å². The summed E-state index contributed by atoms with van der Waals surface area (Å²) in [5.74, 6) is -3.59. The van der Waals surface area contributed by atoms with Gasteiger partial charge in [0.05, 0.1) is 25.2 Å². The van der Waals surface area contributed by atoms with Crippen LogP contribution in [0.4, 0.5) is 0 Å². The van der Waals surface area contributed by atoms with E-state index in [1.807, 2.05) is 18.2 Å². The summed E-state index contributed by atoms with van der Waals surface area (Å²) in [6.45, 7) is 2.53. The van der Waals surface area contributed by atoms with E-state index in [0.29, 0.717) is 5.03 Å². The average Bonchev–Trinajstić information content (AvgIpc) is 2.66. The van der Waals surface area contributed by atoms with E-state index in [1.54, 1.807) is 18.2 Å². The van der Waals surface area contributed by atoms with Gasteiger partial charge in [0.25, 0.3) is 0 Å². The molecule has 0 fully saturated rings. The molecule has 0 bridgehead atoms. The second-order valence-corrected chi connectivity index (χ2v) is 7.09. The first-order valence-corrected chi connectivity index (χ1v) is 9.10. The zero-order valence-electron chi connectivity index (χ0n) is 15.5. The molecule has 1 aliphatic heterocycles. The number of carbonyl (C=O) groups excluding carboxylic acids is 4. The SMILES string of the molecule is COC(=O)[C@H]1[C@H](C(=O)OC)SC(N(C(C)=O)C(C)=O)=C[C@H]1c1ccccc1. The van der Waals surface area contributed by atoms with E-state index in [1.165, 1.54) is 28.1 Å². The third-order valence-electron chi connectivity index (χ3n) is 4.22. The van der Waals surface area contributed by atoms with Gasteiger partial charge < -0.3 is 9.47 Å². The standard InChI is InChI=1S/C19H21NO6S/c1-11(21)20(12(2)22)15-10-14(13-8-6-5-7-9-13)16(18(23)25-3)17(27-15)19(24)26-4/h5-10,14,16-17H,1-4H3/t14-,16+,17+/m0/s1. The summed E-state index contributed by atoms with van der Waals surface area (Å²) in [5.41, 5.74) is 0.756. The molecule has 2 amide bonds. The van der Waals surface area contributed by atoms with E-state index in [4.69, 9.17) is 9.47 Å². The molecule has 144 valence electrons. The predicted molar refractivity (Wildman–Crippen MR) is 99.4 cm³/mol. The lowest BCUT2D eigenvalue weighted by molar-refractivity contribution is -0.151. The summed E-state index contributed by atoms with van der Waals surface area (Å²) in [7, 11) is 2.47. The number of amides is 2. The van der Waals surface area contributed by atoms with Crippen LogP contribution in [-0.2, 0) is 28.7 Å². The molecule has 0 saturated carbocycles. The molecular formula is C19H21NO6S. The van der Waals surface area contributed by atoms with E-state index in [9.17, 15) is 19.2 Å². The zero-order chi connectivity index (χ0) is 20.1. The average molecular weight is 391 g/mol. The lowest BCUT2D eigenvalue weighted by atomic mass is 9.83. The van der Waals surface area contributed by atoms with Crippen LogP contribution in [0.25, 0.3) is 0 Å². The lowest BCUT2D eigenvalue weighted by Crippen LogP contribution is -2.43. The number of nitrogens with zero attached hydrogens (tertiary/aromatic N) is 1. The first-order chi connectivity index (χ1) is 12.8. The Morgan fingerprint density at radius 2 is 1.48 bits per heavy atom. The van der Waals surface area contributed by atoms with Crippen molar-refractivity contribution in [2.45, 2.75) is 25.0 Å². The Labute approximate surface area is 161 Å². The third kappa shape index (κ3) is 4.39. The van der Waals surface area contributed by atoms with Crippen LogP contribution in [-0.4, -0.2) is 48.1 Å². The van der Waals surface area contributed by atoms with Crippen molar-refractivity contribution in [3.05, 3.63) is 47.0 Å². The maximum Gasteiger partial charge on any atom is 0.320 e. The van der Waals surface area contributed by atoms with Gasteiger partial charge in [-0.2, -0.15) is 0 Å². The maximum absolute atomic E-state index is 12.5. The van der Waals surface area contributed by atoms with Crippen LogP contribution in [0.3, 0.4) is 0 Å². The van der Waals surface area contributed by atoms with E-state index >= 15 is 0 Å². The molecule has 0 aliphatic carbocycles. The molecule has 1 aromatic rings. The summed E-state index contributed by atoms with van der Waals surface area (Å²) in [5, 5.41) is -0.673. The first-order valence-electron chi connectivity index (χ1n) is 8.22. The molecule has 1 aliphatic rings. The number of rotatable bonds is 4. The number of carbonyl (C=O) groups is 4. The number of thioether (sulfide) groups is 1. The molecule has 0 aromatic heterocycles. The molecule has 1 aromatic carbocycles. The number of allylic oxidation sites excluding steroid dienone is 1. The minimum atomic E-state index is -0.964. The molecule has 0 unspecified atom stereocenters. The number of esters is 2. The fraction of sp³-hybridized carbons (Fsp3) is 0.368. The normalized spacial score (nSPS) is 21.6. The number of hydrogen-bond acceptors (Lipinski definition) is 7. The van der Waals surface area contributed by atoms with Gasteiger partial charge in [0, 0.05) is 19.8 Å². The Morgan fingerprint density at radius 1 is 0.926 bits per heavy atom. The van der Waals surface area contributed by atoms with Gasteiger partial charge in [0.2, 0.25) is 11.8 Å². The Bertz CT molecular complexity index is 762. The minimum Gasteiger partial charge on any atom is -0.469 e. The van der Waals surface area contributed by atoms with Crippen molar-refractivity contribution >= 4 is 35.5 Å². The first kappa shape index (κ1) is 20.7. The topological polar surface area (TPSA) is 90.0 Å². The van der Waals surface area contributed by atoms with Gasteiger partial charge in [-0.3, -0.25) is 19.2 Å². The van der Waals surface area contributed by atoms with Gasteiger partial charge in [-0.05, 0) is 11.6 Å². The molecule has 0 N–H and O–H groups in total. The third-order valence-corrected chi connectivity index (χ3v) is 5.52. The Balaban J connectivity index is 2.65. The molecule has 3 atom stereocenters. The molecule has 1 heterocycles. The largest absolute Gasteiger partial charge is 0.469 e. The highest BCUT2D eigenvalue weighted by Crippen LogP contribution is 2.45. The second-order valence-electron chi connectivity index (χ2n) is 5.93. The fourth-order valence-corrected chi connectivity index (χ4v) is 4.51. The Hall–Kier alpha value is -2.61. The van der Waals surface area contributed by atoms with Crippen LogP contribution >= 0.6 is 11.8 Å². The number of hydrogen-bond donors (Lipinski definition) is 0. The maximum atomic E-state index is 12.5. The summed E-state index contributed by atoms with van der Waals surface area (Å²) >= 11 is 0.949. The van der Waals surface area contributed by atoms with Gasteiger partial charge in [0.15, 0.2) is 0 Å². The molecule has 0 spiro atoms. The summed E-state index contributed by atoms with van der Waals surface area (Å²) in [6.07, 6.45) is 1.66.